The number of ether oxygens (including phenoxy) is 2. The summed E-state index contributed by atoms with van der Waals surface area (Å²) in [5.41, 5.74) is 1.02. The van der Waals surface area contributed by atoms with E-state index in [-0.39, 0.29) is 12.3 Å². The number of benzene rings is 1. The Morgan fingerprint density at radius 1 is 1.44 bits per heavy atom. The average molecular weight is 220 g/mol. The number of carbonyl (C=O) groups is 1. The Balaban J connectivity index is 1.58. The first kappa shape index (κ1) is 9.81. The van der Waals surface area contributed by atoms with Crippen LogP contribution < -0.4 is 0 Å². The highest BCUT2D eigenvalue weighted by Crippen LogP contribution is 2.37. The molecule has 0 radical (unpaired) electrons. The van der Waals surface area contributed by atoms with Crippen LogP contribution in [0.3, 0.4) is 0 Å². The van der Waals surface area contributed by atoms with Gasteiger partial charge in [-0.3, -0.25) is 0 Å². The lowest BCUT2D eigenvalue weighted by Gasteiger charge is -2.10. The van der Waals surface area contributed by atoms with Crippen molar-refractivity contribution in [2.45, 2.75) is 12.8 Å². The van der Waals surface area contributed by atoms with Crippen molar-refractivity contribution in [3.05, 3.63) is 35.9 Å². The van der Waals surface area contributed by atoms with Gasteiger partial charge in [-0.1, -0.05) is 30.3 Å². The second-order valence-corrected chi connectivity index (χ2v) is 4.31. The van der Waals surface area contributed by atoms with Crippen LogP contribution in [0.2, 0.25) is 0 Å². The van der Waals surface area contributed by atoms with Crippen LogP contribution in [0, 0.1) is 0 Å². The van der Waals surface area contributed by atoms with Gasteiger partial charge < -0.3 is 9.47 Å². The van der Waals surface area contributed by atoms with Gasteiger partial charge in [0, 0.05) is 0 Å². The fourth-order valence-corrected chi connectivity index (χ4v) is 2.15. The van der Waals surface area contributed by atoms with Crippen LogP contribution >= 0.6 is 0 Å². The number of morpholine rings is 1. The van der Waals surface area contributed by atoms with Gasteiger partial charge in [-0.25, -0.2) is 0 Å². The zero-order chi connectivity index (χ0) is 11.0. The highest BCUT2D eigenvalue weighted by Gasteiger charge is 2.67. The average Bonchev–Trinajstić information content (AvgIpc) is 2.90. The Bertz CT molecular complexity index is 406. The summed E-state index contributed by atoms with van der Waals surface area (Å²) in [5.74, 6) is 0. The maximum absolute atomic E-state index is 11.9. The molecule has 2 atom stereocenters. The number of quaternary nitrogens is 1. The van der Waals surface area contributed by atoms with E-state index in [2.05, 4.69) is 0 Å². The van der Waals surface area contributed by atoms with Crippen molar-refractivity contribution < 1.29 is 18.8 Å². The van der Waals surface area contributed by atoms with Gasteiger partial charge in [0.2, 0.25) is 0 Å². The second-order valence-electron chi connectivity index (χ2n) is 4.31. The summed E-state index contributed by atoms with van der Waals surface area (Å²) in [4.78, 5) is 11.9. The van der Waals surface area contributed by atoms with E-state index in [0.29, 0.717) is 17.7 Å². The lowest BCUT2D eigenvalue weighted by atomic mass is 10.2. The third-order valence-electron chi connectivity index (χ3n) is 3.27. The predicted octanol–water partition coefficient (Wildman–Crippen LogP) is 1.51. The molecule has 2 saturated heterocycles. The molecule has 0 aliphatic carbocycles. The van der Waals surface area contributed by atoms with Gasteiger partial charge in [0.15, 0.2) is 6.54 Å². The topological polar surface area (TPSA) is 35.5 Å². The number of carbonyl (C=O) groups excluding carboxylic acids is 1. The molecule has 0 N–H and O–H groups in total. The second kappa shape index (κ2) is 3.57. The van der Waals surface area contributed by atoms with E-state index >= 15 is 0 Å². The fraction of sp³-hybridized carbons (Fsp3) is 0.417. The minimum atomic E-state index is -0.147. The Hall–Kier alpha value is -1.39. The molecule has 0 saturated carbocycles. The molecule has 2 aliphatic heterocycles. The number of amides is 1. The van der Waals surface area contributed by atoms with Crippen LogP contribution in [0.1, 0.15) is 5.56 Å². The summed E-state index contributed by atoms with van der Waals surface area (Å²) >= 11 is 0. The molecular weight excluding hydrogens is 206 g/mol. The Morgan fingerprint density at radius 2 is 2.25 bits per heavy atom. The lowest BCUT2D eigenvalue weighted by Crippen LogP contribution is -2.34. The lowest BCUT2D eigenvalue weighted by molar-refractivity contribution is -0.731. The van der Waals surface area contributed by atoms with Crippen molar-refractivity contribution in [3.8, 4) is 0 Å². The summed E-state index contributed by atoms with van der Waals surface area (Å²) in [6.07, 6.45) is -0.0744. The van der Waals surface area contributed by atoms with Gasteiger partial charge in [-0.05, 0) is 5.56 Å². The van der Waals surface area contributed by atoms with E-state index in [1.54, 1.807) is 0 Å². The van der Waals surface area contributed by atoms with Crippen molar-refractivity contribution in [1.82, 2.24) is 0 Å². The third kappa shape index (κ3) is 1.50. The standard InChI is InChI=1S/C12H14NO3/c14-12(13-6-7-15-11(13)8-13)16-9-10-4-2-1-3-5-10/h1-5,11H,6-9H2/q+1. The molecule has 2 fully saturated rings. The van der Waals surface area contributed by atoms with E-state index in [9.17, 15) is 4.79 Å². The first-order valence-corrected chi connectivity index (χ1v) is 5.51. The number of hydrogen-bond acceptors (Lipinski definition) is 3. The molecule has 0 bridgehead atoms. The number of hydrogen-bond donors (Lipinski definition) is 0. The van der Waals surface area contributed by atoms with Crippen LogP contribution in [-0.4, -0.2) is 36.5 Å². The third-order valence-corrected chi connectivity index (χ3v) is 3.27. The molecule has 0 spiro atoms. The first-order valence-electron chi connectivity index (χ1n) is 5.51. The van der Waals surface area contributed by atoms with Crippen LogP contribution in [0.15, 0.2) is 30.3 Å². The molecule has 0 aromatic heterocycles. The molecule has 3 rings (SSSR count). The monoisotopic (exact) mass is 220 g/mol. The molecular formula is C12H14NO3+. The Labute approximate surface area is 94.0 Å². The van der Waals surface area contributed by atoms with E-state index in [0.717, 1.165) is 18.7 Å². The summed E-state index contributed by atoms with van der Waals surface area (Å²) < 4.78 is 11.1. The molecule has 1 amide bonds. The molecule has 2 unspecified atom stereocenters. The Kier molecular flexibility index (Phi) is 2.19. The van der Waals surface area contributed by atoms with Gasteiger partial charge in [0.1, 0.15) is 19.8 Å². The first-order chi connectivity index (χ1) is 7.81. The van der Waals surface area contributed by atoms with E-state index in [4.69, 9.17) is 9.47 Å². The largest absolute Gasteiger partial charge is 0.519 e. The summed E-state index contributed by atoms with van der Waals surface area (Å²) in [6, 6.07) is 9.73. The molecule has 4 heteroatoms. The van der Waals surface area contributed by atoms with Crippen molar-refractivity contribution in [2.75, 3.05) is 19.7 Å². The smallest absolute Gasteiger partial charge is 0.415 e. The molecule has 2 aliphatic rings. The quantitative estimate of drug-likeness (QED) is 0.560. The highest BCUT2D eigenvalue weighted by molar-refractivity contribution is 5.61. The SMILES string of the molecule is O=C(OCc1ccccc1)[N+]12CCOC1C2. The molecule has 84 valence electrons. The predicted molar refractivity (Wildman–Crippen MR) is 56.4 cm³/mol. The van der Waals surface area contributed by atoms with E-state index < -0.39 is 0 Å². The maximum atomic E-state index is 11.9. The van der Waals surface area contributed by atoms with Crippen LogP contribution in [0.4, 0.5) is 4.79 Å². The minimum Gasteiger partial charge on any atom is -0.415 e. The molecule has 1 aromatic carbocycles. The van der Waals surface area contributed by atoms with Gasteiger partial charge in [0.25, 0.3) is 6.23 Å². The van der Waals surface area contributed by atoms with E-state index in [1.165, 1.54) is 0 Å². The number of nitrogens with zero attached hydrogens (tertiary/aromatic N) is 1. The summed E-state index contributed by atoms with van der Waals surface area (Å²) in [6.45, 7) is 2.57. The van der Waals surface area contributed by atoms with Gasteiger partial charge in [-0.2, -0.15) is 9.28 Å². The van der Waals surface area contributed by atoms with Crippen LogP contribution in [-0.2, 0) is 16.1 Å². The molecule has 1 aromatic rings. The van der Waals surface area contributed by atoms with Crippen molar-refractivity contribution in [2.24, 2.45) is 0 Å². The number of rotatable bonds is 2. The van der Waals surface area contributed by atoms with Crippen molar-refractivity contribution in [3.63, 3.8) is 0 Å². The molecule has 2 heterocycles. The molecule has 16 heavy (non-hydrogen) atoms. The normalized spacial score (nSPS) is 30.9. The maximum Gasteiger partial charge on any atom is 0.519 e. The fourth-order valence-electron chi connectivity index (χ4n) is 2.15. The number of fused-ring (bicyclic) bond motifs is 1. The Morgan fingerprint density at radius 3 is 2.88 bits per heavy atom. The van der Waals surface area contributed by atoms with Gasteiger partial charge in [0.05, 0.1) is 0 Å². The van der Waals surface area contributed by atoms with Crippen LogP contribution in [0.5, 0.6) is 0 Å². The zero-order valence-electron chi connectivity index (χ0n) is 8.96. The van der Waals surface area contributed by atoms with Crippen LogP contribution in [0.25, 0.3) is 0 Å². The molecule has 4 nitrogen and oxygen atoms in total. The van der Waals surface area contributed by atoms with E-state index in [1.807, 2.05) is 30.3 Å². The van der Waals surface area contributed by atoms with Gasteiger partial charge in [-0.15, -0.1) is 0 Å². The summed E-state index contributed by atoms with van der Waals surface area (Å²) in [5, 5.41) is 0. The summed E-state index contributed by atoms with van der Waals surface area (Å²) in [7, 11) is 0. The van der Waals surface area contributed by atoms with Crippen molar-refractivity contribution in [1.29, 1.82) is 0 Å². The highest BCUT2D eigenvalue weighted by atomic mass is 16.6. The van der Waals surface area contributed by atoms with Gasteiger partial charge >= 0.3 is 6.09 Å². The zero-order valence-corrected chi connectivity index (χ0v) is 8.96. The van der Waals surface area contributed by atoms with Crippen molar-refractivity contribution >= 4 is 6.09 Å². The minimum absolute atomic E-state index is 0.0725.